The Morgan fingerprint density at radius 3 is 2.31 bits per heavy atom. The number of nitrogens with zero attached hydrogens (tertiary/aromatic N) is 2. The van der Waals surface area contributed by atoms with Gasteiger partial charge in [0.2, 0.25) is 5.91 Å². The average molecular weight is 410 g/mol. The van der Waals surface area contributed by atoms with Crippen LogP contribution in [-0.2, 0) is 16.1 Å². The topological polar surface area (TPSA) is 68.7 Å². The van der Waals surface area contributed by atoms with E-state index in [1.54, 1.807) is 41.7 Å². The van der Waals surface area contributed by atoms with Gasteiger partial charge in [-0.1, -0.05) is 18.2 Å². The number of para-hydroxylation sites is 1. The number of aromatic nitrogens is 1. The number of carbonyl (C=O) groups is 2. The Morgan fingerprint density at radius 1 is 1.07 bits per heavy atom. The normalized spacial score (nSPS) is 10.5. The van der Waals surface area contributed by atoms with Gasteiger partial charge >= 0.3 is 5.97 Å². The highest BCUT2D eigenvalue weighted by Gasteiger charge is 2.21. The molecule has 0 saturated heterocycles. The highest BCUT2D eigenvalue weighted by molar-refractivity contribution is 7.14. The Kier molecular flexibility index (Phi) is 6.29. The number of hydrogen-bond donors (Lipinski definition) is 0. The van der Waals surface area contributed by atoms with Gasteiger partial charge in [-0.25, -0.2) is 9.78 Å². The zero-order valence-electron chi connectivity index (χ0n) is 16.8. The molecule has 0 spiro atoms. The Balaban J connectivity index is 1.75. The van der Waals surface area contributed by atoms with Gasteiger partial charge < -0.3 is 9.47 Å². The molecule has 3 aromatic rings. The summed E-state index contributed by atoms with van der Waals surface area (Å²) in [7, 11) is 1.57. The Labute approximate surface area is 173 Å². The lowest BCUT2D eigenvalue weighted by molar-refractivity contribution is -0.115. The van der Waals surface area contributed by atoms with E-state index in [0.29, 0.717) is 22.1 Å². The van der Waals surface area contributed by atoms with Gasteiger partial charge in [-0.05, 0) is 49.2 Å². The van der Waals surface area contributed by atoms with E-state index >= 15 is 0 Å². The van der Waals surface area contributed by atoms with Crippen molar-refractivity contribution < 1.29 is 19.1 Å². The first kappa shape index (κ1) is 20.5. The van der Waals surface area contributed by atoms with Crippen molar-refractivity contribution >= 4 is 34.0 Å². The van der Waals surface area contributed by atoms with Crippen LogP contribution in [-0.4, -0.2) is 24.0 Å². The standard InChI is InChI=1S/C22H22N2O4S/c1-14-6-5-7-15(2)20(14)24(16(3)25)22-23-18(13-29-22)12-28-21(26)17-8-10-19(27-4)11-9-17/h5-11,13H,12H2,1-4H3. The molecule has 1 amide bonds. The molecule has 0 radical (unpaired) electrons. The van der Waals surface area contributed by atoms with Gasteiger partial charge in [0.25, 0.3) is 0 Å². The van der Waals surface area contributed by atoms with Crippen LogP contribution < -0.4 is 9.64 Å². The highest BCUT2D eigenvalue weighted by Crippen LogP contribution is 2.33. The van der Waals surface area contributed by atoms with Crippen LogP contribution in [0.5, 0.6) is 5.75 Å². The Hall–Kier alpha value is -3.19. The van der Waals surface area contributed by atoms with E-state index in [0.717, 1.165) is 16.8 Å². The first-order chi connectivity index (χ1) is 13.9. The summed E-state index contributed by atoms with van der Waals surface area (Å²) >= 11 is 1.34. The van der Waals surface area contributed by atoms with E-state index in [1.165, 1.54) is 18.3 Å². The van der Waals surface area contributed by atoms with Gasteiger partial charge in [0.05, 0.1) is 24.1 Å². The zero-order valence-corrected chi connectivity index (χ0v) is 17.6. The van der Waals surface area contributed by atoms with Crippen LogP contribution in [0, 0.1) is 13.8 Å². The van der Waals surface area contributed by atoms with Gasteiger partial charge in [0.15, 0.2) is 5.13 Å². The maximum absolute atomic E-state index is 12.4. The lowest BCUT2D eigenvalue weighted by atomic mass is 10.1. The maximum Gasteiger partial charge on any atom is 0.338 e. The molecule has 0 unspecified atom stereocenters. The van der Waals surface area contributed by atoms with E-state index < -0.39 is 5.97 Å². The molecule has 0 saturated carbocycles. The number of rotatable bonds is 6. The minimum Gasteiger partial charge on any atom is -0.497 e. The summed E-state index contributed by atoms with van der Waals surface area (Å²) in [6.07, 6.45) is 0. The van der Waals surface area contributed by atoms with Gasteiger partial charge in [0.1, 0.15) is 12.4 Å². The SMILES string of the molecule is COc1ccc(C(=O)OCc2csc(N(C(C)=O)c3c(C)cccc3C)n2)cc1. The van der Waals surface area contributed by atoms with Crippen molar-refractivity contribution in [1.82, 2.24) is 4.98 Å². The van der Waals surface area contributed by atoms with Crippen LogP contribution in [0.25, 0.3) is 0 Å². The summed E-state index contributed by atoms with van der Waals surface area (Å²) in [5.41, 5.74) is 3.83. The largest absolute Gasteiger partial charge is 0.497 e. The van der Waals surface area contributed by atoms with Crippen molar-refractivity contribution in [2.24, 2.45) is 0 Å². The molecule has 0 aliphatic heterocycles. The first-order valence-corrected chi connectivity index (χ1v) is 9.91. The molecule has 0 aliphatic rings. The summed E-state index contributed by atoms with van der Waals surface area (Å²) < 4.78 is 10.4. The van der Waals surface area contributed by atoms with Gasteiger partial charge in [-0.15, -0.1) is 11.3 Å². The smallest absolute Gasteiger partial charge is 0.338 e. The van der Waals surface area contributed by atoms with Gasteiger partial charge in [0, 0.05) is 12.3 Å². The maximum atomic E-state index is 12.4. The van der Waals surface area contributed by atoms with E-state index in [-0.39, 0.29) is 12.5 Å². The Morgan fingerprint density at radius 2 is 1.72 bits per heavy atom. The average Bonchev–Trinajstić information content (AvgIpc) is 3.17. The molecular weight excluding hydrogens is 388 g/mol. The van der Waals surface area contributed by atoms with Crippen molar-refractivity contribution in [3.63, 3.8) is 0 Å². The lowest BCUT2D eigenvalue weighted by Crippen LogP contribution is -2.24. The number of ether oxygens (including phenoxy) is 2. The predicted molar refractivity (Wildman–Crippen MR) is 113 cm³/mol. The molecule has 0 N–H and O–H groups in total. The van der Waals surface area contributed by atoms with Crippen LogP contribution in [0.3, 0.4) is 0 Å². The second-order valence-electron chi connectivity index (χ2n) is 6.52. The highest BCUT2D eigenvalue weighted by atomic mass is 32.1. The third-order valence-corrected chi connectivity index (χ3v) is 5.26. The number of carbonyl (C=O) groups excluding carboxylic acids is 2. The van der Waals surface area contributed by atoms with Crippen molar-refractivity contribution in [2.75, 3.05) is 12.0 Å². The summed E-state index contributed by atoms with van der Waals surface area (Å²) in [6, 6.07) is 12.6. The molecule has 2 aromatic carbocycles. The van der Waals surface area contributed by atoms with Crippen LogP contribution >= 0.6 is 11.3 Å². The molecule has 7 heteroatoms. The summed E-state index contributed by atoms with van der Waals surface area (Å²) in [4.78, 5) is 30.7. The van der Waals surface area contributed by atoms with Crippen molar-refractivity contribution in [3.05, 3.63) is 70.2 Å². The predicted octanol–water partition coefficient (Wildman–Crippen LogP) is 4.81. The second kappa shape index (κ2) is 8.87. The summed E-state index contributed by atoms with van der Waals surface area (Å²) in [5.74, 6) is 0.0976. The van der Waals surface area contributed by atoms with Crippen molar-refractivity contribution in [2.45, 2.75) is 27.4 Å². The minimum absolute atomic E-state index is 0.0276. The molecule has 1 aromatic heterocycles. The number of benzene rings is 2. The molecular formula is C22H22N2O4S. The van der Waals surface area contributed by atoms with Crippen LogP contribution in [0.2, 0.25) is 0 Å². The number of aryl methyl sites for hydroxylation is 2. The van der Waals surface area contributed by atoms with E-state index in [9.17, 15) is 9.59 Å². The number of methoxy groups -OCH3 is 1. The zero-order chi connectivity index (χ0) is 21.0. The third kappa shape index (κ3) is 4.63. The fraction of sp³-hybridized carbons (Fsp3) is 0.227. The number of amides is 1. The summed E-state index contributed by atoms with van der Waals surface area (Å²) in [6.45, 7) is 5.46. The van der Waals surface area contributed by atoms with Crippen LogP contribution in [0.4, 0.5) is 10.8 Å². The molecule has 150 valence electrons. The van der Waals surface area contributed by atoms with Crippen LogP contribution in [0.1, 0.15) is 34.1 Å². The lowest BCUT2D eigenvalue weighted by Gasteiger charge is -2.22. The Bertz CT molecular complexity index is 1010. The van der Waals surface area contributed by atoms with Gasteiger partial charge in [-0.3, -0.25) is 9.69 Å². The third-order valence-electron chi connectivity index (χ3n) is 4.39. The summed E-state index contributed by atoms with van der Waals surface area (Å²) in [5, 5.41) is 2.34. The number of thiazole rings is 1. The fourth-order valence-electron chi connectivity index (χ4n) is 2.96. The molecule has 29 heavy (non-hydrogen) atoms. The molecule has 0 bridgehead atoms. The molecule has 3 rings (SSSR count). The molecule has 1 heterocycles. The molecule has 0 fully saturated rings. The molecule has 0 atom stereocenters. The second-order valence-corrected chi connectivity index (χ2v) is 7.36. The number of hydrogen-bond acceptors (Lipinski definition) is 6. The van der Waals surface area contributed by atoms with E-state index in [1.807, 2.05) is 32.0 Å². The molecule has 6 nitrogen and oxygen atoms in total. The monoisotopic (exact) mass is 410 g/mol. The van der Waals surface area contributed by atoms with Gasteiger partial charge in [-0.2, -0.15) is 0 Å². The minimum atomic E-state index is -0.444. The van der Waals surface area contributed by atoms with E-state index in [2.05, 4.69) is 4.98 Å². The first-order valence-electron chi connectivity index (χ1n) is 9.03. The van der Waals surface area contributed by atoms with E-state index in [4.69, 9.17) is 9.47 Å². The number of anilines is 2. The fourth-order valence-corrected chi connectivity index (χ4v) is 3.82. The van der Waals surface area contributed by atoms with Crippen molar-refractivity contribution in [1.29, 1.82) is 0 Å². The van der Waals surface area contributed by atoms with Crippen LogP contribution in [0.15, 0.2) is 47.8 Å². The molecule has 0 aliphatic carbocycles. The quantitative estimate of drug-likeness (QED) is 0.546. The van der Waals surface area contributed by atoms with Crippen molar-refractivity contribution in [3.8, 4) is 5.75 Å². The number of esters is 1.